The van der Waals surface area contributed by atoms with Gasteiger partial charge in [-0.05, 0) is 41.8 Å². The average Bonchev–Trinajstić information content (AvgIpc) is 2.95. The molecule has 2 heterocycles. The molecule has 0 bridgehead atoms. The van der Waals surface area contributed by atoms with Crippen LogP contribution < -0.4 is 5.56 Å². The number of H-pyrrole nitrogens is 1. The van der Waals surface area contributed by atoms with E-state index in [0.29, 0.717) is 30.1 Å². The molecule has 0 amide bonds. The van der Waals surface area contributed by atoms with Crippen LogP contribution in [0, 0.1) is 5.82 Å². The van der Waals surface area contributed by atoms with Gasteiger partial charge in [0.1, 0.15) is 5.82 Å². The SMILES string of the molecule is O=c1c2c([nH]n1Cc1ccc(F)cc1Cl)CN(Cc1ccc(Cl)cc1)CC2. The van der Waals surface area contributed by atoms with E-state index >= 15 is 0 Å². The molecule has 4 nitrogen and oxygen atoms in total. The smallest absolute Gasteiger partial charge is 0.270 e. The molecule has 1 aliphatic rings. The van der Waals surface area contributed by atoms with Crippen molar-refractivity contribution in [1.29, 1.82) is 0 Å². The fraction of sp³-hybridized carbons (Fsp3) is 0.250. The van der Waals surface area contributed by atoms with Crippen LogP contribution in [0.5, 0.6) is 0 Å². The Balaban J connectivity index is 1.52. The van der Waals surface area contributed by atoms with Crippen LogP contribution in [0.15, 0.2) is 47.3 Å². The summed E-state index contributed by atoms with van der Waals surface area (Å²) in [6, 6.07) is 12.0. The highest BCUT2D eigenvalue weighted by Gasteiger charge is 2.22. The van der Waals surface area contributed by atoms with Crippen LogP contribution in [0.2, 0.25) is 10.0 Å². The summed E-state index contributed by atoms with van der Waals surface area (Å²) >= 11 is 12.0. The van der Waals surface area contributed by atoms with E-state index in [1.807, 2.05) is 24.3 Å². The predicted octanol–water partition coefficient (Wildman–Crippen LogP) is 4.23. The molecule has 1 aliphatic heterocycles. The summed E-state index contributed by atoms with van der Waals surface area (Å²) < 4.78 is 14.8. The van der Waals surface area contributed by atoms with E-state index < -0.39 is 0 Å². The molecule has 140 valence electrons. The molecule has 0 fully saturated rings. The van der Waals surface area contributed by atoms with Crippen molar-refractivity contribution < 1.29 is 4.39 Å². The number of benzene rings is 2. The summed E-state index contributed by atoms with van der Waals surface area (Å²) in [5.74, 6) is -0.389. The number of rotatable bonds is 4. The molecule has 0 saturated carbocycles. The van der Waals surface area contributed by atoms with E-state index in [1.165, 1.54) is 17.7 Å². The molecule has 7 heteroatoms. The highest BCUT2D eigenvalue weighted by atomic mass is 35.5. The molecule has 27 heavy (non-hydrogen) atoms. The Labute approximate surface area is 166 Å². The van der Waals surface area contributed by atoms with Crippen molar-refractivity contribution in [2.24, 2.45) is 0 Å². The Bertz CT molecular complexity index is 1030. The van der Waals surface area contributed by atoms with Crippen molar-refractivity contribution >= 4 is 23.2 Å². The van der Waals surface area contributed by atoms with Gasteiger partial charge in [-0.2, -0.15) is 0 Å². The predicted molar refractivity (Wildman–Crippen MR) is 105 cm³/mol. The maximum Gasteiger partial charge on any atom is 0.270 e. The van der Waals surface area contributed by atoms with Crippen LogP contribution in [0.4, 0.5) is 4.39 Å². The summed E-state index contributed by atoms with van der Waals surface area (Å²) in [6.45, 7) is 2.59. The van der Waals surface area contributed by atoms with Gasteiger partial charge in [0.05, 0.1) is 12.2 Å². The molecular weight excluding hydrogens is 388 g/mol. The normalized spacial score (nSPS) is 14.3. The fourth-order valence-corrected chi connectivity index (χ4v) is 3.80. The number of hydrogen-bond acceptors (Lipinski definition) is 2. The molecular formula is C20H18Cl2FN3O. The second-order valence-electron chi connectivity index (χ2n) is 6.78. The first-order valence-corrected chi connectivity index (χ1v) is 9.46. The lowest BCUT2D eigenvalue weighted by Gasteiger charge is -2.25. The zero-order valence-electron chi connectivity index (χ0n) is 14.5. The van der Waals surface area contributed by atoms with E-state index in [4.69, 9.17) is 23.2 Å². The minimum Gasteiger partial charge on any atom is -0.298 e. The van der Waals surface area contributed by atoms with Gasteiger partial charge in [-0.25, -0.2) is 9.07 Å². The monoisotopic (exact) mass is 405 g/mol. The number of aromatic nitrogens is 2. The number of aromatic amines is 1. The summed E-state index contributed by atoms with van der Waals surface area (Å²) in [5.41, 5.74) is 3.61. The van der Waals surface area contributed by atoms with Crippen LogP contribution >= 0.6 is 23.2 Å². The highest BCUT2D eigenvalue weighted by Crippen LogP contribution is 2.20. The standard InChI is InChI=1S/C20H18Cl2FN3O/c21-15-4-1-13(2-5-15)10-25-8-7-17-19(12-25)24-26(20(17)27)11-14-3-6-16(23)9-18(14)22/h1-6,9,24H,7-8,10-12H2. The maximum absolute atomic E-state index is 13.2. The topological polar surface area (TPSA) is 41.0 Å². The summed E-state index contributed by atoms with van der Waals surface area (Å²) in [6.07, 6.45) is 0.697. The Morgan fingerprint density at radius 1 is 1.07 bits per heavy atom. The van der Waals surface area contributed by atoms with Crippen molar-refractivity contribution in [3.05, 3.63) is 91.1 Å². The summed E-state index contributed by atoms with van der Waals surface area (Å²) in [7, 11) is 0. The fourth-order valence-electron chi connectivity index (χ4n) is 3.45. The van der Waals surface area contributed by atoms with E-state index in [-0.39, 0.29) is 11.4 Å². The van der Waals surface area contributed by atoms with Gasteiger partial charge in [0.2, 0.25) is 0 Å². The Morgan fingerprint density at radius 2 is 1.85 bits per heavy atom. The first-order valence-electron chi connectivity index (χ1n) is 8.71. The first kappa shape index (κ1) is 18.3. The van der Waals surface area contributed by atoms with Gasteiger partial charge >= 0.3 is 0 Å². The number of nitrogens with zero attached hydrogens (tertiary/aromatic N) is 2. The molecule has 0 spiro atoms. The van der Waals surface area contributed by atoms with Gasteiger partial charge in [0.15, 0.2) is 0 Å². The first-order chi connectivity index (χ1) is 13.0. The van der Waals surface area contributed by atoms with Crippen LogP contribution in [-0.2, 0) is 26.1 Å². The maximum atomic E-state index is 13.2. The largest absolute Gasteiger partial charge is 0.298 e. The third kappa shape index (κ3) is 3.95. The molecule has 0 atom stereocenters. The van der Waals surface area contributed by atoms with Crippen molar-refractivity contribution in [3.63, 3.8) is 0 Å². The van der Waals surface area contributed by atoms with E-state index in [1.54, 1.807) is 10.7 Å². The second kappa shape index (κ2) is 7.50. The third-order valence-corrected chi connectivity index (χ3v) is 5.46. The van der Waals surface area contributed by atoms with Gasteiger partial charge in [0, 0.05) is 35.2 Å². The number of fused-ring (bicyclic) bond motifs is 1. The van der Waals surface area contributed by atoms with Gasteiger partial charge in [-0.3, -0.25) is 14.8 Å². The quantitative estimate of drug-likeness (QED) is 0.705. The van der Waals surface area contributed by atoms with Crippen molar-refractivity contribution in [3.8, 4) is 0 Å². The molecule has 0 saturated heterocycles. The number of nitrogens with one attached hydrogen (secondary N) is 1. The van der Waals surface area contributed by atoms with E-state index in [9.17, 15) is 9.18 Å². The van der Waals surface area contributed by atoms with E-state index in [0.717, 1.165) is 29.4 Å². The average molecular weight is 406 g/mol. The minimum atomic E-state index is -0.389. The third-order valence-electron chi connectivity index (χ3n) is 4.86. The lowest BCUT2D eigenvalue weighted by atomic mass is 10.1. The molecule has 0 radical (unpaired) electrons. The Kier molecular flexibility index (Phi) is 5.08. The molecule has 0 aliphatic carbocycles. The van der Waals surface area contributed by atoms with Crippen LogP contribution in [0.3, 0.4) is 0 Å². The minimum absolute atomic E-state index is 0.0310. The Morgan fingerprint density at radius 3 is 2.59 bits per heavy atom. The van der Waals surface area contributed by atoms with Gasteiger partial charge in [0.25, 0.3) is 5.56 Å². The van der Waals surface area contributed by atoms with Crippen LogP contribution in [-0.4, -0.2) is 21.2 Å². The number of hydrogen-bond donors (Lipinski definition) is 1. The van der Waals surface area contributed by atoms with Gasteiger partial charge < -0.3 is 0 Å². The van der Waals surface area contributed by atoms with Gasteiger partial charge in [-0.1, -0.05) is 41.4 Å². The van der Waals surface area contributed by atoms with Crippen LogP contribution in [0.1, 0.15) is 22.4 Å². The lowest BCUT2D eigenvalue weighted by molar-refractivity contribution is 0.242. The highest BCUT2D eigenvalue weighted by molar-refractivity contribution is 6.31. The summed E-state index contributed by atoms with van der Waals surface area (Å²) in [5, 5.41) is 4.25. The number of halogens is 3. The van der Waals surface area contributed by atoms with Crippen molar-refractivity contribution in [2.75, 3.05) is 6.54 Å². The second-order valence-corrected chi connectivity index (χ2v) is 7.63. The van der Waals surface area contributed by atoms with Gasteiger partial charge in [-0.15, -0.1) is 0 Å². The molecule has 4 rings (SSSR count). The zero-order chi connectivity index (χ0) is 19.0. The molecule has 2 aromatic carbocycles. The molecule has 1 N–H and O–H groups in total. The molecule has 1 aromatic heterocycles. The lowest BCUT2D eigenvalue weighted by Crippen LogP contribution is -2.31. The van der Waals surface area contributed by atoms with Crippen LogP contribution in [0.25, 0.3) is 0 Å². The van der Waals surface area contributed by atoms with Crippen molar-refractivity contribution in [2.45, 2.75) is 26.1 Å². The van der Waals surface area contributed by atoms with E-state index in [2.05, 4.69) is 10.00 Å². The van der Waals surface area contributed by atoms with Crippen molar-refractivity contribution in [1.82, 2.24) is 14.7 Å². The summed E-state index contributed by atoms with van der Waals surface area (Å²) in [4.78, 5) is 15.0. The molecule has 0 unspecified atom stereocenters. The zero-order valence-corrected chi connectivity index (χ0v) is 16.0. The molecule has 3 aromatic rings. The Hall–Kier alpha value is -2.08.